The van der Waals surface area contributed by atoms with E-state index in [1.807, 2.05) is 18.2 Å². The van der Waals surface area contributed by atoms with Crippen LogP contribution in [0.2, 0.25) is 0 Å². The molecule has 6 nitrogen and oxygen atoms in total. The van der Waals surface area contributed by atoms with Gasteiger partial charge in [0.1, 0.15) is 23.6 Å². The van der Waals surface area contributed by atoms with Crippen molar-refractivity contribution in [2.24, 2.45) is 0 Å². The Labute approximate surface area is 190 Å². The summed E-state index contributed by atoms with van der Waals surface area (Å²) in [5.74, 6) is -2.28. The minimum atomic E-state index is -0.676. The highest BCUT2D eigenvalue weighted by Gasteiger charge is 2.26. The molecule has 4 aromatic rings. The molecule has 1 N–H and O–H groups in total. The summed E-state index contributed by atoms with van der Waals surface area (Å²) in [7, 11) is 0. The van der Waals surface area contributed by atoms with Crippen molar-refractivity contribution in [1.29, 1.82) is 0 Å². The molecule has 0 spiro atoms. The van der Waals surface area contributed by atoms with Crippen LogP contribution in [0.1, 0.15) is 44.4 Å². The summed E-state index contributed by atoms with van der Waals surface area (Å²) < 4.78 is 33.3. The SMILES string of the molecule is CC(C)(C)OC(=O)C[C@@H](Cc1cc(F)cc(F)c1)c1ncncc1-c1cccc2[nH]cnc12. The Morgan fingerprint density at radius 1 is 1.09 bits per heavy atom. The van der Waals surface area contributed by atoms with E-state index >= 15 is 0 Å². The van der Waals surface area contributed by atoms with Crippen molar-refractivity contribution in [3.63, 3.8) is 0 Å². The summed E-state index contributed by atoms with van der Waals surface area (Å²) in [4.78, 5) is 28.9. The molecular weight excluding hydrogens is 426 g/mol. The smallest absolute Gasteiger partial charge is 0.306 e. The third-order valence-corrected chi connectivity index (χ3v) is 5.11. The summed E-state index contributed by atoms with van der Waals surface area (Å²) >= 11 is 0. The van der Waals surface area contributed by atoms with Crippen molar-refractivity contribution >= 4 is 17.0 Å². The molecule has 0 saturated heterocycles. The van der Waals surface area contributed by atoms with Gasteiger partial charge in [0.15, 0.2) is 0 Å². The molecule has 2 aromatic heterocycles. The van der Waals surface area contributed by atoms with E-state index in [2.05, 4.69) is 19.9 Å². The van der Waals surface area contributed by atoms with Crippen molar-refractivity contribution in [1.82, 2.24) is 19.9 Å². The Bertz CT molecular complexity index is 1280. The minimum Gasteiger partial charge on any atom is -0.460 e. The van der Waals surface area contributed by atoms with E-state index in [9.17, 15) is 13.6 Å². The largest absolute Gasteiger partial charge is 0.460 e. The van der Waals surface area contributed by atoms with Gasteiger partial charge in [0.25, 0.3) is 0 Å². The first-order valence-corrected chi connectivity index (χ1v) is 10.6. The highest BCUT2D eigenvalue weighted by atomic mass is 19.1. The van der Waals surface area contributed by atoms with Gasteiger partial charge < -0.3 is 9.72 Å². The van der Waals surface area contributed by atoms with Crippen LogP contribution in [0.5, 0.6) is 0 Å². The first-order valence-electron chi connectivity index (χ1n) is 10.6. The van der Waals surface area contributed by atoms with Crippen LogP contribution in [-0.2, 0) is 16.0 Å². The number of esters is 1. The number of hydrogen-bond donors (Lipinski definition) is 1. The first-order chi connectivity index (χ1) is 15.7. The van der Waals surface area contributed by atoms with Gasteiger partial charge in [0, 0.05) is 29.3 Å². The quantitative estimate of drug-likeness (QED) is 0.400. The zero-order valence-corrected chi connectivity index (χ0v) is 18.6. The maximum Gasteiger partial charge on any atom is 0.306 e. The summed E-state index contributed by atoms with van der Waals surface area (Å²) in [6.07, 6.45) is 4.84. The van der Waals surface area contributed by atoms with Gasteiger partial charge in [0.2, 0.25) is 0 Å². The van der Waals surface area contributed by atoms with Gasteiger partial charge in [0.05, 0.1) is 29.5 Å². The Kier molecular flexibility index (Phi) is 6.18. The topological polar surface area (TPSA) is 80.8 Å². The van der Waals surface area contributed by atoms with E-state index < -0.39 is 29.1 Å². The molecule has 0 aliphatic carbocycles. The standard InChI is InChI=1S/C25H24F2N4O2/c1-25(2,3)33-22(32)10-16(7-15-8-17(26)11-18(27)9-15)23-20(12-28-13-30-23)19-5-4-6-21-24(19)31-14-29-21/h4-6,8-9,11-14,16H,7,10H2,1-3H3,(H,29,31)/t16-/m1/s1. The van der Waals surface area contributed by atoms with Crippen LogP contribution in [0.25, 0.3) is 22.2 Å². The number of rotatable bonds is 6. The number of carbonyl (C=O) groups excluding carboxylic acids is 1. The van der Waals surface area contributed by atoms with Crippen LogP contribution in [0.4, 0.5) is 8.78 Å². The average Bonchev–Trinajstić information content (AvgIpc) is 3.20. The fourth-order valence-corrected chi connectivity index (χ4v) is 3.92. The van der Waals surface area contributed by atoms with Crippen molar-refractivity contribution in [3.05, 3.63) is 78.1 Å². The fourth-order valence-electron chi connectivity index (χ4n) is 3.92. The number of para-hydroxylation sites is 1. The molecule has 0 aliphatic rings. The number of H-pyrrole nitrogens is 1. The molecule has 2 heterocycles. The first kappa shape index (κ1) is 22.5. The lowest BCUT2D eigenvalue weighted by atomic mass is 9.88. The molecule has 0 aliphatic heterocycles. The van der Waals surface area contributed by atoms with Gasteiger partial charge >= 0.3 is 5.97 Å². The van der Waals surface area contributed by atoms with E-state index in [-0.39, 0.29) is 12.8 Å². The summed E-state index contributed by atoms with van der Waals surface area (Å²) in [6, 6.07) is 9.04. The maximum atomic E-state index is 13.9. The Morgan fingerprint density at radius 3 is 2.58 bits per heavy atom. The summed E-state index contributed by atoms with van der Waals surface area (Å²) in [5.41, 5.74) is 3.41. The highest BCUT2D eigenvalue weighted by molar-refractivity contribution is 5.92. The molecule has 8 heteroatoms. The second kappa shape index (κ2) is 9.05. The van der Waals surface area contributed by atoms with Gasteiger partial charge in [-0.15, -0.1) is 0 Å². The molecule has 0 fully saturated rings. The van der Waals surface area contributed by atoms with Gasteiger partial charge in [-0.25, -0.2) is 23.7 Å². The maximum absolute atomic E-state index is 13.9. The van der Waals surface area contributed by atoms with Crippen LogP contribution < -0.4 is 0 Å². The molecule has 0 amide bonds. The number of fused-ring (bicyclic) bond motifs is 1. The number of nitrogens with zero attached hydrogens (tertiary/aromatic N) is 3. The molecule has 2 aromatic carbocycles. The number of benzene rings is 2. The normalized spacial score (nSPS) is 12.6. The lowest BCUT2D eigenvalue weighted by Crippen LogP contribution is -2.25. The van der Waals surface area contributed by atoms with Gasteiger partial charge in [-0.1, -0.05) is 12.1 Å². The Balaban J connectivity index is 1.78. The minimum absolute atomic E-state index is 0.0179. The number of ether oxygens (including phenoxy) is 1. The van der Waals surface area contributed by atoms with E-state index in [1.165, 1.54) is 18.5 Å². The predicted molar refractivity (Wildman–Crippen MR) is 120 cm³/mol. The zero-order valence-electron chi connectivity index (χ0n) is 18.6. The summed E-state index contributed by atoms with van der Waals surface area (Å²) in [5, 5.41) is 0. The van der Waals surface area contributed by atoms with Crippen LogP contribution in [-0.4, -0.2) is 31.5 Å². The van der Waals surface area contributed by atoms with Crippen molar-refractivity contribution in [3.8, 4) is 11.1 Å². The number of halogens is 2. The van der Waals surface area contributed by atoms with E-state index in [4.69, 9.17) is 4.74 Å². The van der Waals surface area contributed by atoms with Gasteiger partial charge in [-0.05, 0) is 51.0 Å². The van der Waals surface area contributed by atoms with Crippen LogP contribution >= 0.6 is 0 Å². The zero-order chi connectivity index (χ0) is 23.6. The second-order valence-corrected chi connectivity index (χ2v) is 8.90. The van der Waals surface area contributed by atoms with Crippen molar-refractivity contribution < 1.29 is 18.3 Å². The molecule has 0 unspecified atom stereocenters. The van der Waals surface area contributed by atoms with E-state index in [0.717, 1.165) is 22.7 Å². The lowest BCUT2D eigenvalue weighted by molar-refractivity contribution is -0.155. The molecule has 0 bridgehead atoms. The number of imidazole rings is 1. The lowest BCUT2D eigenvalue weighted by Gasteiger charge is -2.23. The molecule has 0 saturated carbocycles. The number of carbonyl (C=O) groups is 1. The van der Waals surface area contributed by atoms with Gasteiger partial charge in [-0.3, -0.25) is 4.79 Å². The number of aromatic amines is 1. The third-order valence-electron chi connectivity index (χ3n) is 5.11. The van der Waals surface area contributed by atoms with Crippen LogP contribution in [0.15, 0.2) is 55.2 Å². The molecule has 0 radical (unpaired) electrons. The van der Waals surface area contributed by atoms with Crippen LogP contribution in [0, 0.1) is 11.6 Å². The summed E-state index contributed by atoms with van der Waals surface area (Å²) in [6.45, 7) is 5.36. The predicted octanol–water partition coefficient (Wildman–Crippen LogP) is 5.36. The fraction of sp³-hybridized carbons (Fsp3) is 0.280. The molecule has 1 atom stereocenters. The molecular formula is C25H24F2N4O2. The average molecular weight is 450 g/mol. The highest BCUT2D eigenvalue weighted by Crippen LogP contribution is 2.35. The van der Waals surface area contributed by atoms with Crippen molar-refractivity contribution in [2.45, 2.75) is 45.1 Å². The van der Waals surface area contributed by atoms with Crippen molar-refractivity contribution in [2.75, 3.05) is 0 Å². The van der Waals surface area contributed by atoms with E-state index in [1.54, 1.807) is 33.3 Å². The number of nitrogens with one attached hydrogen (secondary N) is 1. The molecule has 170 valence electrons. The van der Waals surface area contributed by atoms with E-state index in [0.29, 0.717) is 16.8 Å². The monoisotopic (exact) mass is 450 g/mol. The third kappa shape index (κ3) is 5.39. The van der Waals surface area contributed by atoms with Gasteiger partial charge in [-0.2, -0.15) is 0 Å². The molecule has 4 rings (SSSR count). The number of hydrogen-bond acceptors (Lipinski definition) is 5. The Hall–Kier alpha value is -3.68. The van der Waals surface area contributed by atoms with Crippen LogP contribution in [0.3, 0.4) is 0 Å². The Morgan fingerprint density at radius 2 is 1.85 bits per heavy atom. The second-order valence-electron chi connectivity index (χ2n) is 8.90. The molecule has 33 heavy (non-hydrogen) atoms. The number of aromatic nitrogens is 4.